The molecule has 0 aliphatic carbocycles. The van der Waals surface area contributed by atoms with E-state index in [1.54, 1.807) is 25.1 Å². The Hall–Kier alpha value is -1.03. The minimum atomic E-state index is -0.299. The molecule has 0 saturated heterocycles. The summed E-state index contributed by atoms with van der Waals surface area (Å²) < 4.78 is 1.36. The maximum absolute atomic E-state index is 11.9. The minimum Gasteiger partial charge on any atom is -0.269 e. The van der Waals surface area contributed by atoms with E-state index in [1.807, 2.05) is 0 Å². The average Bonchev–Trinajstić information content (AvgIpc) is 2.23. The monoisotopic (exact) mass is 288 g/mol. The summed E-state index contributed by atoms with van der Waals surface area (Å²) >= 11 is 17.7. The second-order valence-electron chi connectivity index (χ2n) is 3.37. The van der Waals surface area contributed by atoms with Crippen LogP contribution in [-0.2, 0) is 0 Å². The molecule has 17 heavy (non-hydrogen) atoms. The fourth-order valence-corrected chi connectivity index (χ4v) is 2.12. The highest BCUT2D eigenvalue weighted by molar-refractivity contribution is 6.43. The van der Waals surface area contributed by atoms with Crippen molar-refractivity contribution in [1.82, 2.24) is 9.55 Å². The molecular weight excluding hydrogens is 282 g/mol. The molecule has 2 aromatic rings. The summed E-state index contributed by atoms with van der Waals surface area (Å²) in [5.41, 5.74) is 0.192. The van der Waals surface area contributed by atoms with E-state index >= 15 is 0 Å². The summed E-state index contributed by atoms with van der Waals surface area (Å²) in [6.45, 7) is 1.67. The Morgan fingerprint density at radius 2 is 1.94 bits per heavy atom. The zero-order valence-electron chi connectivity index (χ0n) is 8.75. The van der Waals surface area contributed by atoms with Crippen LogP contribution in [0.25, 0.3) is 5.69 Å². The van der Waals surface area contributed by atoms with Crippen molar-refractivity contribution in [2.45, 2.75) is 6.92 Å². The van der Waals surface area contributed by atoms with Gasteiger partial charge >= 0.3 is 0 Å². The van der Waals surface area contributed by atoms with E-state index in [1.165, 1.54) is 10.6 Å². The molecule has 1 heterocycles. The predicted octanol–water partition coefficient (Wildman–Crippen LogP) is 3.50. The molecule has 0 aliphatic heterocycles. The summed E-state index contributed by atoms with van der Waals surface area (Å²) in [4.78, 5) is 15.9. The largest absolute Gasteiger partial charge is 0.269 e. The van der Waals surface area contributed by atoms with Crippen LogP contribution in [0.2, 0.25) is 15.2 Å². The summed E-state index contributed by atoms with van der Waals surface area (Å²) in [5.74, 6) is 0.451. The van der Waals surface area contributed by atoms with Gasteiger partial charge in [0.1, 0.15) is 11.0 Å². The number of aryl methyl sites for hydroxylation is 1. The summed E-state index contributed by atoms with van der Waals surface area (Å²) in [7, 11) is 0. The maximum Gasteiger partial charge on any atom is 0.259 e. The second kappa shape index (κ2) is 4.69. The first kappa shape index (κ1) is 12.4. The molecule has 2 rings (SSSR count). The maximum atomic E-state index is 11.9. The van der Waals surface area contributed by atoms with Gasteiger partial charge in [-0.25, -0.2) is 4.98 Å². The zero-order valence-corrected chi connectivity index (χ0v) is 11.0. The van der Waals surface area contributed by atoms with Crippen LogP contribution < -0.4 is 5.56 Å². The van der Waals surface area contributed by atoms with Crippen LogP contribution in [0.4, 0.5) is 0 Å². The molecule has 1 aromatic carbocycles. The quantitative estimate of drug-likeness (QED) is 0.753. The third-order valence-corrected chi connectivity index (χ3v) is 3.23. The normalized spacial score (nSPS) is 10.6. The average molecular weight is 290 g/mol. The lowest BCUT2D eigenvalue weighted by Crippen LogP contribution is -2.21. The van der Waals surface area contributed by atoms with Gasteiger partial charge < -0.3 is 0 Å². The number of nitrogens with zero attached hydrogens (tertiary/aromatic N) is 2. The van der Waals surface area contributed by atoms with Crippen LogP contribution in [0.3, 0.4) is 0 Å². The number of halogens is 3. The molecule has 0 unspecified atom stereocenters. The third kappa shape index (κ3) is 2.32. The van der Waals surface area contributed by atoms with Crippen LogP contribution in [0, 0.1) is 6.92 Å². The van der Waals surface area contributed by atoms with Crippen molar-refractivity contribution in [3.8, 4) is 5.69 Å². The lowest BCUT2D eigenvalue weighted by atomic mass is 10.3. The topological polar surface area (TPSA) is 34.9 Å². The molecule has 0 fully saturated rings. The molecule has 0 atom stereocenters. The van der Waals surface area contributed by atoms with Gasteiger partial charge in [-0.05, 0) is 19.1 Å². The Morgan fingerprint density at radius 1 is 1.24 bits per heavy atom. The van der Waals surface area contributed by atoms with Crippen LogP contribution in [0.1, 0.15) is 5.82 Å². The predicted molar refractivity (Wildman–Crippen MR) is 69.6 cm³/mol. The van der Waals surface area contributed by atoms with Crippen molar-refractivity contribution < 1.29 is 0 Å². The van der Waals surface area contributed by atoms with E-state index in [9.17, 15) is 4.79 Å². The van der Waals surface area contributed by atoms with Crippen LogP contribution in [-0.4, -0.2) is 9.55 Å². The second-order valence-corrected chi connectivity index (χ2v) is 4.55. The van der Waals surface area contributed by atoms with Gasteiger partial charge in [-0.15, -0.1) is 0 Å². The van der Waals surface area contributed by atoms with E-state index in [4.69, 9.17) is 34.8 Å². The van der Waals surface area contributed by atoms with Crippen molar-refractivity contribution in [1.29, 1.82) is 0 Å². The van der Waals surface area contributed by atoms with E-state index in [0.29, 0.717) is 21.6 Å². The Balaban J connectivity index is 2.78. The minimum absolute atomic E-state index is 0.155. The summed E-state index contributed by atoms with van der Waals surface area (Å²) in [6, 6.07) is 6.28. The number of hydrogen-bond acceptors (Lipinski definition) is 2. The molecule has 0 N–H and O–H groups in total. The van der Waals surface area contributed by atoms with Crippen molar-refractivity contribution >= 4 is 34.8 Å². The van der Waals surface area contributed by atoms with Gasteiger partial charge in [0.2, 0.25) is 0 Å². The van der Waals surface area contributed by atoms with E-state index in [2.05, 4.69) is 4.98 Å². The van der Waals surface area contributed by atoms with Crippen LogP contribution >= 0.6 is 34.8 Å². The summed E-state index contributed by atoms with van der Waals surface area (Å²) in [5, 5.41) is 0.843. The van der Waals surface area contributed by atoms with E-state index < -0.39 is 0 Å². The lowest BCUT2D eigenvalue weighted by molar-refractivity contribution is 0.871. The molecule has 0 bridgehead atoms. The highest BCUT2D eigenvalue weighted by Crippen LogP contribution is 2.28. The lowest BCUT2D eigenvalue weighted by Gasteiger charge is -2.11. The van der Waals surface area contributed by atoms with Crippen molar-refractivity contribution in [2.75, 3.05) is 0 Å². The van der Waals surface area contributed by atoms with Crippen molar-refractivity contribution in [3.05, 3.63) is 55.6 Å². The number of hydrogen-bond donors (Lipinski definition) is 0. The van der Waals surface area contributed by atoms with Gasteiger partial charge in [0.25, 0.3) is 5.56 Å². The molecule has 0 aliphatic rings. The van der Waals surface area contributed by atoms with Crippen LogP contribution in [0.5, 0.6) is 0 Å². The van der Waals surface area contributed by atoms with Gasteiger partial charge in [0.15, 0.2) is 0 Å². The van der Waals surface area contributed by atoms with Crippen LogP contribution in [0.15, 0.2) is 29.1 Å². The van der Waals surface area contributed by atoms with E-state index in [-0.39, 0.29) is 10.7 Å². The van der Waals surface area contributed by atoms with Gasteiger partial charge in [-0.3, -0.25) is 9.36 Å². The zero-order chi connectivity index (χ0) is 12.6. The van der Waals surface area contributed by atoms with Crippen molar-refractivity contribution in [2.24, 2.45) is 0 Å². The van der Waals surface area contributed by atoms with Gasteiger partial charge in [0.05, 0.1) is 15.7 Å². The molecule has 1 aromatic heterocycles. The van der Waals surface area contributed by atoms with Gasteiger partial charge in [-0.1, -0.05) is 40.9 Å². The number of benzene rings is 1. The molecule has 0 saturated carbocycles. The molecular formula is C11H7Cl3N2O. The smallest absolute Gasteiger partial charge is 0.259 e. The molecule has 6 heteroatoms. The standard InChI is InChI=1S/C11H7Cl3N2O/c1-6-15-9(13)5-10(17)16(6)8-4-2-3-7(12)11(8)14/h2-5H,1H3. The van der Waals surface area contributed by atoms with Crippen molar-refractivity contribution in [3.63, 3.8) is 0 Å². The fraction of sp³-hybridized carbons (Fsp3) is 0.0909. The Bertz CT molecular complexity index is 637. The first-order valence-electron chi connectivity index (χ1n) is 4.71. The number of rotatable bonds is 1. The fourth-order valence-electron chi connectivity index (χ4n) is 1.52. The van der Waals surface area contributed by atoms with E-state index in [0.717, 1.165) is 0 Å². The summed E-state index contributed by atoms with van der Waals surface area (Å²) in [6.07, 6.45) is 0. The first-order chi connectivity index (χ1) is 8.00. The van der Waals surface area contributed by atoms with Gasteiger partial charge in [0, 0.05) is 6.07 Å². The Labute approximate surface area is 113 Å². The molecule has 0 spiro atoms. The molecule has 88 valence electrons. The first-order valence-corrected chi connectivity index (χ1v) is 5.84. The molecule has 0 radical (unpaired) electrons. The number of aromatic nitrogens is 2. The highest BCUT2D eigenvalue weighted by atomic mass is 35.5. The SMILES string of the molecule is Cc1nc(Cl)cc(=O)n1-c1cccc(Cl)c1Cl. The van der Waals surface area contributed by atoms with Gasteiger partial charge in [-0.2, -0.15) is 0 Å². The third-order valence-electron chi connectivity index (χ3n) is 2.23. The molecule has 3 nitrogen and oxygen atoms in total. The molecule has 0 amide bonds. The highest BCUT2D eigenvalue weighted by Gasteiger charge is 2.11. The Morgan fingerprint density at radius 3 is 2.59 bits per heavy atom. The Kier molecular flexibility index (Phi) is 3.43.